The summed E-state index contributed by atoms with van der Waals surface area (Å²) in [6.45, 7) is 4.94. The van der Waals surface area contributed by atoms with Gasteiger partial charge in [-0.05, 0) is 87.5 Å². The fourth-order valence-corrected chi connectivity index (χ4v) is 5.13. The first-order valence-electron chi connectivity index (χ1n) is 10.5. The van der Waals surface area contributed by atoms with Gasteiger partial charge in [-0.25, -0.2) is 0 Å². The van der Waals surface area contributed by atoms with E-state index in [1.54, 1.807) is 0 Å². The predicted molar refractivity (Wildman–Crippen MR) is 108 cm³/mol. The fraction of sp³-hybridized carbons (Fsp3) is 0.636. The molecule has 0 bridgehead atoms. The third-order valence-corrected chi connectivity index (χ3v) is 6.88. The van der Waals surface area contributed by atoms with Gasteiger partial charge in [0.1, 0.15) is 0 Å². The van der Waals surface area contributed by atoms with Crippen LogP contribution < -0.4 is 11.5 Å². The van der Waals surface area contributed by atoms with Crippen molar-refractivity contribution in [3.05, 3.63) is 47.1 Å². The summed E-state index contributed by atoms with van der Waals surface area (Å²) in [4.78, 5) is 5.22. The maximum absolute atomic E-state index is 5.90. The van der Waals surface area contributed by atoms with Crippen LogP contribution in [0.25, 0.3) is 0 Å². The van der Waals surface area contributed by atoms with Crippen molar-refractivity contribution in [1.82, 2.24) is 9.80 Å². The minimum Gasteiger partial charge on any atom is -0.402 e. The highest BCUT2D eigenvalue weighted by molar-refractivity contribution is 5.23. The number of piperidine rings is 2. The van der Waals surface area contributed by atoms with Gasteiger partial charge in [0.15, 0.2) is 0 Å². The number of hydrogen-bond donors (Lipinski definition) is 2. The Bertz CT molecular complexity index is 571. The number of allylic oxidation sites excluding steroid dienone is 8. The lowest BCUT2D eigenvalue weighted by molar-refractivity contribution is 0.119. The van der Waals surface area contributed by atoms with Crippen molar-refractivity contribution in [2.45, 2.75) is 51.4 Å². The molecule has 0 aromatic heterocycles. The van der Waals surface area contributed by atoms with Gasteiger partial charge in [0.2, 0.25) is 0 Å². The van der Waals surface area contributed by atoms with E-state index in [1.165, 1.54) is 63.3 Å². The summed E-state index contributed by atoms with van der Waals surface area (Å²) in [5.74, 6) is 1.85. The van der Waals surface area contributed by atoms with E-state index in [2.05, 4.69) is 34.1 Å². The first kappa shape index (κ1) is 17.6. The van der Waals surface area contributed by atoms with Gasteiger partial charge >= 0.3 is 0 Å². The average Bonchev–Trinajstić information content (AvgIpc) is 2.70. The Hall–Kier alpha value is -1.84. The molecule has 0 aromatic rings. The second-order valence-corrected chi connectivity index (χ2v) is 8.45. The zero-order valence-corrected chi connectivity index (χ0v) is 16.0. The van der Waals surface area contributed by atoms with Crippen LogP contribution in [-0.2, 0) is 0 Å². The van der Waals surface area contributed by atoms with Crippen LogP contribution in [0.2, 0.25) is 0 Å². The van der Waals surface area contributed by atoms with Crippen molar-refractivity contribution in [3.8, 4) is 0 Å². The molecule has 142 valence electrons. The van der Waals surface area contributed by atoms with Gasteiger partial charge in [0.05, 0.1) is 0 Å². The third kappa shape index (κ3) is 3.94. The molecule has 2 aliphatic carbocycles. The SMILES string of the molecule is NC1=CC=C(N2CCC(C3CCN(C4=CC=C(N)CC4)CC3)CC2)CC1. The van der Waals surface area contributed by atoms with Crippen LogP contribution in [0, 0.1) is 11.8 Å². The molecule has 2 heterocycles. The Labute approximate surface area is 158 Å². The number of rotatable bonds is 3. The van der Waals surface area contributed by atoms with Crippen LogP contribution in [0.15, 0.2) is 47.1 Å². The van der Waals surface area contributed by atoms with Crippen LogP contribution in [0.5, 0.6) is 0 Å². The summed E-state index contributed by atoms with van der Waals surface area (Å²) < 4.78 is 0. The summed E-state index contributed by atoms with van der Waals surface area (Å²) in [6.07, 6.45) is 18.5. The van der Waals surface area contributed by atoms with Crippen LogP contribution in [0.3, 0.4) is 0 Å². The highest BCUT2D eigenvalue weighted by Crippen LogP contribution is 2.35. The molecule has 0 aromatic carbocycles. The quantitative estimate of drug-likeness (QED) is 0.815. The van der Waals surface area contributed by atoms with E-state index in [-0.39, 0.29) is 0 Å². The van der Waals surface area contributed by atoms with E-state index in [1.807, 2.05) is 0 Å². The topological polar surface area (TPSA) is 58.5 Å². The number of hydrogen-bond acceptors (Lipinski definition) is 4. The van der Waals surface area contributed by atoms with Crippen molar-refractivity contribution < 1.29 is 0 Å². The average molecular weight is 355 g/mol. The molecule has 2 saturated heterocycles. The van der Waals surface area contributed by atoms with Gasteiger partial charge in [-0.1, -0.05) is 0 Å². The Morgan fingerprint density at radius 3 is 1.27 bits per heavy atom. The molecular weight excluding hydrogens is 320 g/mol. The Morgan fingerprint density at radius 1 is 0.577 bits per heavy atom. The Kier molecular flexibility index (Phi) is 5.28. The molecule has 2 aliphatic heterocycles. The summed E-state index contributed by atoms with van der Waals surface area (Å²) in [5, 5.41) is 0. The molecule has 4 nitrogen and oxygen atoms in total. The van der Waals surface area contributed by atoms with E-state index in [0.29, 0.717) is 0 Å². The molecule has 0 amide bonds. The second-order valence-electron chi connectivity index (χ2n) is 8.45. The summed E-state index contributed by atoms with van der Waals surface area (Å²) in [5.41, 5.74) is 16.9. The van der Waals surface area contributed by atoms with E-state index < -0.39 is 0 Å². The Morgan fingerprint density at radius 2 is 0.962 bits per heavy atom. The van der Waals surface area contributed by atoms with Gasteiger partial charge in [-0.15, -0.1) is 0 Å². The molecule has 0 radical (unpaired) electrons. The van der Waals surface area contributed by atoms with Crippen LogP contribution in [-0.4, -0.2) is 36.0 Å². The zero-order chi connectivity index (χ0) is 17.9. The molecule has 4 aliphatic rings. The van der Waals surface area contributed by atoms with Crippen LogP contribution in [0.1, 0.15) is 51.4 Å². The van der Waals surface area contributed by atoms with Crippen molar-refractivity contribution >= 4 is 0 Å². The minimum atomic E-state index is 0.925. The molecule has 4 rings (SSSR count). The molecular formula is C22H34N4. The molecule has 0 atom stereocenters. The zero-order valence-electron chi connectivity index (χ0n) is 16.0. The van der Waals surface area contributed by atoms with Gasteiger partial charge < -0.3 is 21.3 Å². The summed E-state index contributed by atoms with van der Waals surface area (Å²) in [6, 6.07) is 0. The maximum atomic E-state index is 5.90. The fourth-order valence-electron chi connectivity index (χ4n) is 5.13. The monoisotopic (exact) mass is 354 g/mol. The summed E-state index contributed by atoms with van der Waals surface area (Å²) >= 11 is 0. The molecule has 0 unspecified atom stereocenters. The third-order valence-electron chi connectivity index (χ3n) is 6.88. The maximum Gasteiger partial charge on any atom is 0.0177 e. The normalized spacial score (nSPS) is 26.2. The van der Waals surface area contributed by atoms with Gasteiger partial charge in [-0.2, -0.15) is 0 Å². The number of nitrogens with zero attached hydrogens (tertiary/aromatic N) is 2. The molecule has 0 spiro atoms. The van der Waals surface area contributed by atoms with E-state index in [4.69, 9.17) is 11.5 Å². The second kappa shape index (κ2) is 7.81. The lowest BCUT2D eigenvalue weighted by Crippen LogP contribution is -2.40. The minimum absolute atomic E-state index is 0.925. The molecule has 0 saturated carbocycles. The molecule has 4 N–H and O–H groups in total. The lowest BCUT2D eigenvalue weighted by Gasteiger charge is -2.43. The summed E-state index contributed by atoms with van der Waals surface area (Å²) in [7, 11) is 0. The van der Waals surface area contributed by atoms with Crippen molar-refractivity contribution in [2.75, 3.05) is 26.2 Å². The molecule has 4 heteroatoms. The van der Waals surface area contributed by atoms with Crippen molar-refractivity contribution in [3.63, 3.8) is 0 Å². The van der Waals surface area contributed by atoms with Gasteiger partial charge in [-0.3, -0.25) is 0 Å². The van der Waals surface area contributed by atoms with Gasteiger partial charge in [0, 0.05) is 49.0 Å². The van der Waals surface area contributed by atoms with Crippen molar-refractivity contribution in [2.24, 2.45) is 23.3 Å². The molecule has 2 fully saturated rings. The first-order valence-corrected chi connectivity index (χ1v) is 10.5. The first-order chi connectivity index (χ1) is 12.7. The molecule has 26 heavy (non-hydrogen) atoms. The van der Waals surface area contributed by atoms with Crippen LogP contribution >= 0.6 is 0 Å². The Balaban J connectivity index is 1.25. The number of nitrogens with two attached hydrogens (primary N) is 2. The largest absolute Gasteiger partial charge is 0.402 e. The highest BCUT2D eigenvalue weighted by Gasteiger charge is 2.30. The smallest absolute Gasteiger partial charge is 0.0177 e. The number of likely N-dealkylation sites (tertiary alicyclic amines) is 2. The lowest BCUT2D eigenvalue weighted by atomic mass is 9.78. The van der Waals surface area contributed by atoms with E-state index in [0.717, 1.165) is 48.9 Å². The van der Waals surface area contributed by atoms with Crippen molar-refractivity contribution in [1.29, 1.82) is 0 Å². The highest BCUT2D eigenvalue weighted by atomic mass is 15.2. The standard InChI is InChI=1S/C22H34N4/c23-19-1-5-21(6-2-19)25-13-9-17(10-14-25)18-11-15-26(16-12-18)22-7-3-20(24)4-8-22/h1,3,5,7,17-18H,2,4,6,8-16,23-24H2. The van der Waals surface area contributed by atoms with E-state index >= 15 is 0 Å². The van der Waals surface area contributed by atoms with E-state index in [9.17, 15) is 0 Å². The van der Waals surface area contributed by atoms with Crippen LogP contribution in [0.4, 0.5) is 0 Å². The van der Waals surface area contributed by atoms with Gasteiger partial charge in [0.25, 0.3) is 0 Å². The predicted octanol–water partition coefficient (Wildman–Crippen LogP) is 3.45.